The van der Waals surface area contributed by atoms with Gasteiger partial charge in [-0.3, -0.25) is 4.79 Å². The maximum atomic E-state index is 12.5. The Morgan fingerprint density at radius 2 is 2.32 bits per heavy atom. The van der Waals surface area contributed by atoms with Crippen molar-refractivity contribution < 1.29 is 13.9 Å². The van der Waals surface area contributed by atoms with Crippen LogP contribution in [0, 0.1) is 0 Å². The highest BCUT2D eigenvalue weighted by Gasteiger charge is 2.29. The standard InChI is InChI=1S/C15H18N4O3/c20-15(13-14(22-9-17-13)11-2-1-7-21-11)18-10-3-4-12-16-5-6-19(12)8-10/h5-6,9-11H,1-4,7-8H2,(H,18,20)/t10-,11+/m0/s1. The summed E-state index contributed by atoms with van der Waals surface area (Å²) in [5.74, 6) is 1.44. The molecule has 0 saturated carbocycles. The second-order valence-electron chi connectivity index (χ2n) is 5.77. The minimum Gasteiger partial charge on any atom is -0.445 e. The molecule has 116 valence electrons. The van der Waals surface area contributed by atoms with E-state index in [0.717, 1.165) is 38.1 Å². The van der Waals surface area contributed by atoms with Crippen molar-refractivity contribution in [2.24, 2.45) is 0 Å². The van der Waals surface area contributed by atoms with Crippen LogP contribution in [0.15, 0.2) is 23.2 Å². The van der Waals surface area contributed by atoms with Crippen molar-refractivity contribution in [3.8, 4) is 0 Å². The number of oxazole rings is 1. The zero-order chi connectivity index (χ0) is 14.9. The van der Waals surface area contributed by atoms with Gasteiger partial charge in [0.1, 0.15) is 11.9 Å². The summed E-state index contributed by atoms with van der Waals surface area (Å²) in [6, 6.07) is 0.0863. The first-order valence-corrected chi connectivity index (χ1v) is 7.67. The molecule has 0 aliphatic carbocycles. The minimum absolute atomic E-state index is 0.0863. The maximum absolute atomic E-state index is 12.5. The molecule has 4 rings (SSSR count). The second kappa shape index (κ2) is 5.57. The molecule has 0 radical (unpaired) electrons. The third kappa shape index (κ3) is 2.41. The van der Waals surface area contributed by atoms with Crippen LogP contribution in [0.5, 0.6) is 0 Å². The number of imidazole rings is 1. The molecule has 1 fully saturated rings. The minimum atomic E-state index is -0.187. The lowest BCUT2D eigenvalue weighted by Crippen LogP contribution is -2.41. The molecule has 2 aliphatic rings. The van der Waals surface area contributed by atoms with E-state index in [9.17, 15) is 4.79 Å². The zero-order valence-electron chi connectivity index (χ0n) is 12.2. The summed E-state index contributed by atoms with van der Waals surface area (Å²) >= 11 is 0. The molecular weight excluding hydrogens is 284 g/mol. The van der Waals surface area contributed by atoms with Crippen molar-refractivity contribution >= 4 is 5.91 Å². The van der Waals surface area contributed by atoms with Crippen molar-refractivity contribution in [1.29, 1.82) is 0 Å². The number of amides is 1. The average molecular weight is 302 g/mol. The van der Waals surface area contributed by atoms with Crippen LogP contribution in [0.25, 0.3) is 0 Å². The third-order valence-electron chi connectivity index (χ3n) is 4.30. The summed E-state index contributed by atoms with van der Waals surface area (Å²) in [5.41, 5.74) is 0.350. The molecule has 2 aromatic rings. The Morgan fingerprint density at radius 1 is 1.36 bits per heavy atom. The molecule has 0 spiro atoms. The van der Waals surface area contributed by atoms with E-state index in [0.29, 0.717) is 18.1 Å². The maximum Gasteiger partial charge on any atom is 0.273 e. The van der Waals surface area contributed by atoms with Crippen molar-refractivity contribution in [2.45, 2.75) is 44.4 Å². The molecule has 1 saturated heterocycles. The van der Waals surface area contributed by atoms with Gasteiger partial charge in [-0.2, -0.15) is 0 Å². The molecule has 0 bridgehead atoms. The molecule has 2 aromatic heterocycles. The van der Waals surface area contributed by atoms with Crippen LogP contribution in [0.4, 0.5) is 0 Å². The van der Waals surface area contributed by atoms with Crippen molar-refractivity contribution in [2.75, 3.05) is 6.61 Å². The summed E-state index contributed by atoms with van der Waals surface area (Å²) in [5, 5.41) is 3.05. The smallest absolute Gasteiger partial charge is 0.273 e. The van der Waals surface area contributed by atoms with E-state index >= 15 is 0 Å². The monoisotopic (exact) mass is 302 g/mol. The van der Waals surface area contributed by atoms with Crippen LogP contribution in [-0.4, -0.2) is 33.1 Å². The molecule has 2 aliphatic heterocycles. The third-order valence-corrected chi connectivity index (χ3v) is 4.30. The Bertz CT molecular complexity index is 672. The highest BCUT2D eigenvalue weighted by atomic mass is 16.5. The quantitative estimate of drug-likeness (QED) is 0.928. The Kier molecular flexibility index (Phi) is 3.42. The molecule has 1 amide bonds. The second-order valence-corrected chi connectivity index (χ2v) is 5.77. The first kappa shape index (κ1) is 13.5. The lowest BCUT2D eigenvalue weighted by Gasteiger charge is -2.24. The molecule has 2 atom stereocenters. The van der Waals surface area contributed by atoms with Crippen molar-refractivity contribution in [3.63, 3.8) is 0 Å². The van der Waals surface area contributed by atoms with Crippen molar-refractivity contribution in [3.05, 3.63) is 36.1 Å². The Balaban J connectivity index is 1.46. The van der Waals surface area contributed by atoms with Gasteiger partial charge in [0.15, 0.2) is 17.8 Å². The van der Waals surface area contributed by atoms with Crippen LogP contribution in [0.2, 0.25) is 0 Å². The fourth-order valence-electron chi connectivity index (χ4n) is 3.18. The molecule has 7 nitrogen and oxygen atoms in total. The summed E-state index contributed by atoms with van der Waals surface area (Å²) in [4.78, 5) is 20.9. The number of rotatable bonds is 3. The van der Waals surface area contributed by atoms with E-state index in [4.69, 9.17) is 9.15 Å². The molecule has 0 unspecified atom stereocenters. The van der Waals surface area contributed by atoms with Crippen LogP contribution in [0.1, 0.15) is 47.4 Å². The highest BCUT2D eigenvalue weighted by Crippen LogP contribution is 2.30. The largest absolute Gasteiger partial charge is 0.445 e. The van der Waals surface area contributed by atoms with E-state index in [1.807, 2.05) is 6.20 Å². The van der Waals surface area contributed by atoms with Gasteiger partial charge in [-0.15, -0.1) is 0 Å². The van der Waals surface area contributed by atoms with Crippen molar-refractivity contribution in [1.82, 2.24) is 19.9 Å². The average Bonchev–Trinajstić information content (AvgIpc) is 3.26. The number of nitrogens with one attached hydrogen (secondary N) is 1. The number of nitrogens with zero attached hydrogens (tertiary/aromatic N) is 3. The normalized spacial score (nSPS) is 24.2. The number of aryl methyl sites for hydroxylation is 1. The van der Waals surface area contributed by atoms with Gasteiger partial charge in [0.2, 0.25) is 0 Å². The number of fused-ring (bicyclic) bond motifs is 1. The number of aromatic nitrogens is 3. The number of hydrogen-bond acceptors (Lipinski definition) is 5. The number of carbonyl (C=O) groups is 1. The van der Waals surface area contributed by atoms with Gasteiger partial charge in [0.25, 0.3) is 5.91 Å². The fraction of sp³-hybridized carbons (Fsp3) is 0.533. The summed E-state index contributed by atoms with van der Waals surface area (Å²) in [6.07, 6.45) is 8.53. The first-order valence-electron chi connectivity index (χ1n) is 7.67. The first-order chi connectivity index (χ1) is 10.8. The van der Waals surface area contributed by atoms with Gasteiger partial charge in [0, 0.05) is 38.0 Å². The molecular formula is C15H18N4O3. The zero-order valence-corrected chi connectivity index (χ0v) is 12.2. The number of hydrogen-bond donors (Lipinski definition) is 1. The summed E-state index contributed by atoms with van der Waals surface area (Å²) in [6.45, 7) is 1.45. The molecule has 7 heteroatoms. The van der Waals surface area contributed by atoms with Gasteiger partial charge in [0.05, 0.1) is 0 Å². The lowest BCUT2D eigenvalue weighted by atomic mass is 10.1. The van der Waals surface area contributed by atoms with Gasteiger partial charge < -0.3 is 19.0 Å². The van der Waals surface area contributed by atoms with Crippen LogP contribution >= 0.6 is 0 Å². The number of carbonyl (C=O) groups excluding carboxylic acids is 1. The Hall–Kier alpha value is -2.15. The van der Waals surface area contributed by atoms with E-state index in [1.165, 1.54) is 6.39 Å². The summed E-state index contributed by atoms with van der Waals surface area (Å²) in [7, 11) is 0. The van der Waals surface area contributed by atoms with Crippen LogP contribution in [-0.2, 0) is 17.7 Å². The summed E-state index contributed by atoms with van der Waals surface area (Å²) < 4.78 is 13.1. The topological polar surface area (TPSA) is 82.2 Å². The van der Waals surface area contributed by atoms with E-state index in [1.54, 1.807) is 6.20 Å². The molecule has 22 heavy (non-hydrogen) atoms. The molecule has 4 heterocycles. The Morgan fingerprint density at radius 3 is 3.18 bits per heavy atom. The fourth-order valence-corrected chi connectivity index (χ4v) is 3.18. The van der Waals surface area contributed by atoms with Gasteiger partial charge in [-0.25, -0.2) is 9.97 Å². The molecule has 1 N–H and O–H groups in total. The van der Waals surface area contributed by atoms with Gasteiger partial charge >= 0.3 is 0 Å². The van der Waals surface area contributed by atoms with E-state index in [-0.39, 0.29) is 18.1 Å². The molecule has 0 aromatic carbocycles. The van der Waals surface area contributed by atoms with Gasteiger partial charge in [-0.1, -0.05) is 0 Å². The van der Waals surface area contributed by atoms with Gasteiger partial charge in [-0.05, 0) is 19.3 Å². The lowest BCUT2D eigenvalue weighted by molar-refractivity contribution is 0.0847. The number of ether oxygens (including phenoxy) is 1. The predicted octanol–water partition coefficient (Wildman–Crippen LogP) is 1.47. The SMILES string of the molecule is O=C(N[C@H]1CCc2nccn2C1)c1ncoc1[C@H]1CCCO1. The van der Waals surface area contributed by atoms with E-state index in [2.05, 4.69) is 19.9 Å². The predicted molar refractivity (Wildman–Crippen MR) is 76.2 cm³/mol. The Labute approximate surface area is 127 Å². The van der Waals surface area contributed by atoms with Crippen LogP contribution < -0.4 is 5.32 Å². The highest BCUT2D eigenvalue weighted by molar-refractivity contribution is 5.93. The van der Waals surface area contributed by atoms with E-state index < -0.39 is 0 Å². The van der Waals surface area contributed by atoms with Crippen LogP contribution in [0.3, 0.4) is 0 Å².